The van der Waals surface area contributed by atoms with Gasteiger partial charge >= 0.3 is 11.9 Å². The van der Waals surface area contributed by atoms with Crippen molar-refractivity contribution in [1.82, 2.24) is 9.97 Å². The van der Waals surface area contributed by atoms with Gasteiger partial charge in [0.15, 0.2) is 0 Å². The van der Waals surface area contributed by atoms with E-state index in [9.17, 15) is 9.59 Å². The Balaban J connectivity index is 2.31. The van der Waals surface area contributed by atoms with Crippen molar-refractivity contribution in [2.75, 3.05) is 21.3 Å². The van der Waals surface area contributed by atoms with Crippen molar-refractivity contribution in [3.63, 3.8) is 0 Å². The summed E-state index contributed by atoms with van der Waals surface area (Å²) < 4.78 is 14.8. The van der Waals surface area contributed by atoms with Crippen LogP contribution in [0.15, 0.2) is 24.3 Å². The Hall–Kier alpha value is -3.09. The number of esters is 2. The molecule has 3 aromatic rings. The minimum absolute atomic E-state index is 0.178. The van der Waals surface area contributed by atoms with Gasteiger partial charge in [-0.05, 0) is 24.3 Å². The van der Waals surface area contributed by atoms with Crippen LogP contribution in [0.3, 0.4) is 0 Å². The van der Waals surface area contributed by atoms with E-state index < -0.39 is 11.9 Å². The SMILES string of the molecule is COC(=O)c1ccc2c(n1)c(OC)cc1cc(C(=O)OC)[nH]c12. The molecule has 0 atom stereocenters. The van der Waals surface area contributed by atoms with Crippen molar-refractivity contribution >= 4 is 33.7 Å². The molecule has 0 spiro atoms. The summed E-state index contributed by atoms with van der Waals surface area (Å²) >= 11 is 0. The number of ether oxygens (including phenoxy) is 3. The minimum Gasteiger partial charge on any atom is -0.494 e. The van der Waals surface area contributed by atoms with Gasteiger partial charge in [0.05, 0.1) is 26.8 Å². The highest BCUT2D eigenvalue weighted by molar-refractivity contribution is 6.10. The van der Waals surface area contributed by atoms with E-state index in [1.807, 2.05) is 0 Å². The number of aromatic nitrogens is 2. The smallest absolute Gasteiger partial charge is 0.356 e. The molecule has 0 unspecified atom stereocenters. The van der Waals surface area contributed by atoms with Crippen LogP contribution >= 0.6 is 0 Å². The molecule has 0 aliphatic heterocycles. The molecule has 7 heteroatoms. The van der Waals surface area contributed by atoms with E-state index in [0.717, 1.165) is 10.8 Å². The monoisotopic (exact) mass is 314 g/mol. The first-order valence-electron chi connectivity index (χ1n) is 6.76. The average Bonchev–Trinajstić information content (AvgIpc) is 3.03. The lowest BCUT2D eigenvalue weighted by Gasteiger charge is -2.07. The van der Waals surface area contributed by atoms with Crippen molar-refractivity contribution in [1.29, 1.82) is 0 Å². The number of nitrogens with one attached hydrogen (secondary N) is 1. The molecule has 0 aliphatic carbocycles. The second-order valence-corrected chi connectivity index (χ2v) is 4.80. The molecule has 0 fully saturated rings. The van der Waals surface area contributed by atoms with Gasteiger partial charge in [-0.25, -0.2) is 14.6 Å². The number of nitrogens with zero attached hydrogens (tertiary/aromatic N) is 1. The second kappa shape index (κ2) is 5.60. The van der Waals surface area contributed by atoms with Gasteiger partial charge in [-0.3, -0.25) is 0 Å². The van der Waals surface area contributed by atoms with Crippen LogP contribution in [0.1, 0.15) is 21.0 Å². The lowest BCUT2D eigenvalue weighted by Crippen LogP contribution is -2.04. The summed E-state index contributed by atoms with van der Waals surface area (Å²) in [4.78, 5) is 30.7. The maximum Gasteiger partial charge on any atom is 0.356 e. The van der Waals surface area contributed by atoms with Gasteiger partial charge in [-0.15, -0.1) is 0 Å². The summed E-state index contributed by atoms with van der Waals surface area (Å²) in [5, 5.41) is 1.50. The van der Waals surface area contributed by atoms with E-state index in [4.69, 9.17) is 9.47 Å². The van der Waals surface area contributed by atoms with Gasteiger partial charge in [0, 0.05) is 10.8 Å². The number of rotatable bonds is 3. The van der Waals surface area contributed by atoms with Gasteiger partial charge in [-0.1, -0.05) is 0 Å². The van der Waals surface area contributed by atoms with E-state index in [0.29, 0.717) is 22.5 Å². The van der Waals surface area contributed by atoms with Crippen LogP contribution in [0.5, 0.6) is 5.75 Å². The van der Waals surface area contributed by atoms with E-state index in [2.05, 4.69) is 14.7 Å². The van der Waals surface area contributed by atoms with Crippen molar-refractivity contribution in [2.45, 2.75) is 0 Å². The fraction of sp³-hybridized carbons (Fsp3) is 0.188. The molecule has 3 rings (SSSR count). The summed E-state index contributed by atoms with van der Waals surface area (Å²) in [5.74, 6) is -0.503. The Bertz CT molecular complexity index is 929. The maximum absolute atomic E-state index is 11.7. The Morgan fingerprint density at radius 3 is 2.43 bits per heavy atom. The quantitative estimate of drug-likeness (QED) is 0.746. The van der Waals surface area contributed by atoms with Gasteiger partial charge in [0.1, 0.15) is 22.7 Å². The summed E-state index contributed by atoms with van der Waals surface area (Å²) in [6.07, 6.45) is 0. The van der Waals surface area contributed by atoms with Gasteiger partial charge in [0.25, 0.3) is 0 Å². The normalized spacial score (nSPS) is 10.7. The highest BCUT2D eigenvalue weighted by atomic mass is 16.5. The van der Waals surface area contributed by atoms with Gasteiger partial charge in [0.2, 0.25) is 0 Å². The minimum atomic E-state index is -0.532. The van der Waals surface area contributed by atoms with Gasteiger partial charge in [-0.2, -0.15) is 0 Å². The fourth-order valence-electron chi connectivity index (χ4n) is 2.46. The third-order valence-electron chi connectivity index (χ3n) is 3.55. The van der Waals surface area contributed by atoms with Crippen LogP contribution in [0, 0.1) is 0 Å². The Morgan fingerprint density at radius 2 is 1.78 bits per heavy atom. The van der Waals surface area contributed by atoms with Crippen LogP contribution in [0.4, 0.5) is 0 Å². The molecular formula is C16H14N2O5. The maximum atomic E-state index is 11.7. The molecule has 1 N–H and O–H groups in total. The first-order valence-corrected chi connectivity index (χ1v) is 6.76. The number of carbonyl (C=O) groups is 2. The Morgan fingerprint density at radius 1 is 1.04 bits per heavy atom. The topological polar surface area (TPSA) is 90.5 Å². The molecule has 0 saturated carbocycles. The number of benzene rings is 1. The summed E-state index contributed by atoms with van der Waals surface area (Å²) in [6.45, 7) is 0. The van der Waals surface area contributed by atoms with Crippen molar-refractivity contribution in [3.8, 4) is 5.75 Å². The third-order valence-corrected chi connectivity index (χ3v) is 3.55. The number of hydrogen-bond donors (Lipinski definition) is 1. The summed E-state index contributed by atoms with van der Waals surface area (Å²) in [5.41, 5.74) is 1.72. The van der Waals surface area contributed by atoms with Crippen LogP contribution in [-0.2, 0) is 9.47 Å². The molecular weight excluding hydrogens is 300 g/mol. The van der Waals surface area contributed by atoms with E-state index in [1.54, 1.807) is 24.3 Å². The first-order chi connectivity index (χ1) is 11.1. The zero-order valence-electron chi connectivity index (χ0n) is 12.8. The van der Waals surface area contributed by atoms with Crippen LogP contribution in [0.2, 0.25) is 0 Å². The van der Waals surface area contributed by atoms with Crippen molar-refractivity contribution in [3.05, 3.63) is 35.7 Å². The molecule has 23 heavy (non-hydrogen) atoms. The zero-order valence-corrected chi connectivity index (χ0v) is 12.8. The second-order valence-electron chi connectivity index (χ2n) is 4.80. The molecule has 0 amide bonds. The standard InChI is InChI=1S/C16H14N2O5/c1-21-12-7-8-6-11(16(20)23-3)18-13(8)9-4-5-10(15(19)22-2)17-14(9)12/h4-7,18H,1-3H3. The van der Waals surface area contributed by atoms with Gasteiger partial charge < -0.3 is 19.2 Å². The number of aromatic amines is 1. The van der Waals surface area contributed by atoms with Crippen molar-refractivity contribution < 1.29 is 23.8 Å². The molecule has 0 bridgehead atoms. The summed E-state index contributed by atoms with van der Waals surface area (Å²) in [6, 6.07) is 6.72. The van der Waals surface area contributed by atoms with Crippen LogP contribution in [-0.4, -0.2) is 43.2 Å². The lowest BCUT2D eigenvalue weighted by molar-refractivity contribution is 0.0586. The van der Waals surface area contributed by atoms with E-state index in [1.165, 1.54) is 21.3 Å². The highest BCUT2D eigenvalue weighted by Gasteiger charge is 2.17. The van der Waals surface area contributed by atoms with E-state index >= 15 is 0 Å². The Labute approximate surface area is 131 Å². The Kier molecular flexibility index (Phi) is 3.61. The fourth-order valence-corrected chi connectivity index (χ4v) is 2.46. The molecule has 2 heterocycles. The van der Waals surface area contributed by atoms with E-state index in [-0.39, 0.29) is 5.69 Å². The predicted molar refractivity (Wildman–Crippen MR) is 82.8 cm³/mol. The zero-order chi connectivity index (χ0) is 16.6. The van der Waals surface area contributed by atoms with Crippen LogP contribution in [0.25, 0.3) is 21.8 Å². The summed E-state index contributed by atoms with van der Waals surface area (Å²) in [7, 11) is 4.12. The molecule has 7 nitrogen and oxygen atoms in total. The predicted octanol–water partition coefficient (Wildman–Crippen LogP) is 2.30. The molecule has 0 saturated heterocycles. The number of hydrogen-bond acceptors (Lipinski definition) is 6. The third kappa shape index (κ3) is 2.36. The number of carbonyl (C=O) groups excluding carboxylic acids is 2. The molecule has 0 radical (unpaired) electrons. The molecule has 2 aromatic heterocycles. The lowest BCUT2D eigenvalue weighted by atomic mass is 10.1. The van der Waals surface area contributed by atoms with Crippen LogP contribution < -0.4 is 4.74 Å². The molecule has 1 aromatic carbocycles. The number of H-pyrrole nitrogens is 1. The number of pyridine rings is 1. The van der Waals surface area contributed by atoms with Crippen molar-refractivity contribution in [2.24, 2.45) is 0 Å². The molecule has 0 aliphatic rings. The first kappa shape index (κ1) is 14.8. The highest BCUT2D eigenvalue weighted by Crippen LogP contribution is 2.32. The average molecular weight is 314 g/mol. The number of methoxy groups -OCH3 is 3. The largest absolute Gasteiger partial charge is 0.494 e. The molecule has 118 valence electrons. The number of fused-ring (bicyclic) bond motifs is 3.